The molecule has 26 heavy (non-hydrogen) atoms. The van der Waals surface area contributed by atoms with E-state index in [0.717, 1.165) is 0 Å². The van der Waals surface area contributed by atoms with Crippen LogP contribution in [-0.2, 0) is 19.1 Å². The van der Waals surface area contributed by atoms with E-state index in [0.29, 0.717) is 18.4 Å². The summed E-state index contributed by atoms with van der Waals surface area (Å²) >= 11 is 0. The van der Waals surface area contributed by atoms with E-state index in [1.54, 1.807) is 41.5 Å². The fourth-order valence-electron chi connectivity index (χ4n) is 2.95. The topological polar surface area (TPSA) is 84.9 Å². The van der Waals surface area contributed by atoms with Gasteiger partial charge in [0.1, 0.15) is 22.9 Å². The molecule has 1 fully saturated rings. The predicted octanol–water partition coefficient (Wildman–Crippen LogP) is 2.11. The molecule has 0 aromatic carbocycles. The molecule has 7 heteroatoms. The molecule has 2 atom stereocenters. The number of nitrogens with zero attached hydrogens (tertiary/aromatic N) is 1. The first-order chi connectivity index (χ1) is 11.8. The molecule has 0 bridgehead atoms. The molecule has 2 amide bonds. The van der Waals surface area contributed by atoms with E-state index in [1.807, 2.05) is 0 Å². The third kappa shape index (κ3) is 4.18. The smallest absolute Gasteiger partial charge is 0.408 e. The van der Waals surface area contributed by atoms with Gasteiger partial charge in [0.05, 0.1) is 6.04 Å². The molecule has 0 spiro atoms. The Bertz CT molecular complexity index is 703. The molecule has 0 saturated carbocycles. The summed E-state index contributed by atoms with van der Waals surface area (Å²) in [5.41, 5.74) is -0.828. The monoisotopic (exact) mass is 362 g/mol. The van der Waals surface area contributed by atoms with Gasteiger partial charge < -0.3 is 14.8 Å². The highest BCUT2D eigenvalue weighted by Crippen LogP contribution is 2.37. The summed E-state index contributed by atoms with van der Waals surface area (Å²) < 4.78 is 10.6. The summed E-state index contributed by atoms with van der Waals surface area (Å²) in [6, 6.07) is -1.07. The van der Waals surface area contributed by atoms with E-state index < -0.39 is 35.2 Å². The maximum Gasteiger partial charge on any atom is 0.408 e. The number of alkyl carbamates (subject to hydrolysis) is 1. The number of nitrogens with one attached hydrogen (secondary N) is 1. The Morgan fingerprint density at radius 3 is 2.23 bits per heavy atom. The molecule has 2 heterocycles. The molecular formula is C19H26N2O5. The number of β-lactam (4-membered cyclic amide) rings is 1. The Balaban J connectivity index is 2.18. The van der Waals surface area contributed by atoms with E-state index in [-0.39, 0.29) is 11.7 Å². The summed E-state index contributed by atoms with van der Waals surface area (Å²) in [5, 5.41) is 2.58. The number of terminal acetylenes is 1. The third-order valence-corrected chi connectivity index (χ3v) is 3.88. The van der Waals surface area contributed by atoms with Gasteiger partial charge in [0.2, 0.25) is 0 Å². The highest BCUT2D eigenvalue weighted by molar-refractivity contribution is 6.02. The molecule has 2 aliphatic heterocycles. The van der Waals surface area contributed by atoms with Crippen molar-refractivity contribution in [1.29, 1.82) is 0 Å². The Morgan fingerprint density at radius 1 is 1.15 bits per heavy atom. The molecule has 0 radical (unpaired) electrons. The fourth-order valence-corrected chi connectivity index (χ4v) is 2.95. The average Bonchev–Trinajstić information content (AvgIpc) is 2.47. The zero-order chi connectivity index (χ0) is 19.9. The fraction of sp³-hybridized carbons (Fsp3) is 0.632. The van der Waals surface area contributed by atoms with Gasteiger partial charge in [0.25, 0.3) is 5.91 Å². The average molecular weight is 362 g/mol. The second-order valence-electron chi connectivity index (χ2n) is 8.41. The molecule has 2 unspecified atom stereocenters. The lowest BCUT2D eigenvalue weighted by molar-refractivity contribution is -0.161. The van der Waals surface area contributed by atoms with Crippen LogP contribution in [0.4, 0.5) is 4.79 Å². The summed E-state index contributed by atoms with van der Waals surface area (Å²) in [6.45, 7) is 10.4. The zero-order valence-corrected chi connectivity index (χ0v) is 16.1. The van der Waals surface area contributed by atoms with Gasteiger partial charge in [-0.05, 0) is 54.4 Å². The molecule has 0 aromatic heterocycles. The van der Waals surface area contributed by atoms with E-state index in [9.17, 15) is 14.4 Å². The number of ether oxygens (including phenoxy) is 2. The summed E-state index contributed by atoms with van der Waals surface area (Å²) in [4.78, 5) is 38.4. The lowest BCUT2D eigenvalue weighted by Gasteiger charge is -2.50. The van der Waals surface area contributed by atoms with Crippen LogP contribution >= 0.6 is 0 Å². The molecule has 0 aliphatic carbocycles. The van der Waals surface area contributed by atoms with E-state index in [2.05, 4.69) is 11.2 Å². The summed E-state index contributed by atoms with van der Waals surface area (Å²) in [7, 11) is 0. The Kier molecular flexibility index (Phi) is 5.09. The molecule has 142 valence electrons. The molecule has 2 rings (SSSR count). The predicted molar refractivity (Wildman–Crippen MR) is 94.7 cm³/mol. The van der Waals surface area contributed by atoms with Crippen LogP contribution < -0.4 is 5.32 Å². The van der Waals surface area contributed by atoms with Crippen molar-refractivity contribution >= 4 is 18.0 Å². The number of hydrogen-bond donors (Lipinski definition) is 1. The van der Waals surface area contributed by atoms with Crippen molar-refractivity contribution in [2.24, 2.45) is 0 Å². The van der Waals surface area contributed by atoms with Crippen molar-refractivity contribution in [3.8, 4) is 12.3 Å². The highest BCUT2D eigenvalue weighted by atomic mass is 16.6. The number of amides is 2. The van der Waals surface area contributed by atoms with Gasteiger partial charge in [-0.1, -0.05) is 5.92 Å². The number of allylic oxidation sites excluding steroid dienone is 1. The first-order valence-corrected chi connectivity index (χ1v) is 8.60. The molecule has 1 N–H and O–H groups in total. The van der Waals surface area contributed by atoms with Crippen molar-refractivity contribution in [3.05, 3.63) is 11.3 Å². The largest absolute Gasteiger partial charge is 0.455 e. The summed E-state index contributed by atoms with van der Waals surface area (Å²) in [5.74, 6) is 1.47. The lowest BCUT2D eigenvalue weighted by atomic mass is 9.83. The van der Waals surface area contributed by atoms with Gasteiger partial charge in [-0.3, -0.25) is 9.69 Å². The maximum absolute atomic E-state index is 12.6. The van der Waals surface area contributed by atoms with Crippen molar-refractivity contribution in [1.82, 2.24) is 10.2 Å². The minimum atomic E-state index is -0.735. The van der Waals surface area contributed by atoms with Crippen LogP contribution in [0.1, 0.15) is 54.4 Å². The van der Waals surface area contributed by atoms with Gasteiger partial charge in [-0.2, -0.15) is 0 Å². The van der Waals surface area contributed by atoms with Crippen molar-refractivity contribution in [2.45, 2.75) is 77.7 Å². The Morgan fingerprint density at radius 2 is 1.73 bits per heavy atom. The first kappa shape index (κ1) is 19.8. The highest BCUT2D eigenvalue weighted by Gasteiger charge is 2.54. The van der Waals surface area contributed by atoms with Gasteiger partial charge in [-0.25, -0.2) is 9.59 Å². The molecule has 1 saturated heterocycles. The second-order valence-corrected chi connectivity index (χ2v) is 8.41. The third-order valence-electron chi connectivity index (χ3n) is 3.88. The number of carbonyl (C=O) groups excluding carboxylic acids is 3. The molecule has 2 aliphatic rings. The number of esters is 1. The molecule has 0 aromatic rings. The summed E-state index contributed by atoms with van der Waals surface area (Å²) in [6.07, 6.45) is 5.87. The molecule has 7 nitrogen and oxygen atoms in total. The number of hydrogen-bond acceptors (Lipinski definition) is 5. The minimum Gasteiger partial charge on any atom is -0.455 e. The zero-order valence-electron chi connectivity index (χ0n) is 16.1. The van der Waals surface area contributed by atoms with Crippen LogP contribution in [0.25, 0.3) is 0 Å². The van der Waals surface area contributed by atoms with E-state index in [4.69, 9.17) is 15.9 Å². The number of carbonyl (C=O) groups is 3. The van der Waals surface area contributed by atoms with Gasteiger partial charge in [0, 0.05) is 5.57 Å². The number of fused-ring (bicyclic) bond motifs is 1. The van der Waals surface area contributed by atoms with E-state index >= 15 is 0 Å². The standard InChI is InChI=1S/C19H26N2O5/c1-8-11-9-10-12-13(20-17(24)26-19(5,6)7)15(22)21(12)14(11)16(23)25-18(2,3)4/h1,12-13H,9-10H2,2-7H3,(H,20,24). The number of rotatable bonds is 2. The Labute approximate surface area is 154 Å². The normalized spacial score (nSPS) is 22.8. The van der Waals surface area contributed by atoms with Crippen molar-refractivity contribution in [3.63, 3.8) is 0 Å². The van der Waals surface area contributed by atoms with Crippen LogP contribution in [0.3, 0.4) is 0 Å². The lowest BCUT2D eigenvalue weighted by Crippen LogP contribution is -2.72. The van der Waals surface area contributed by atoms with Gasteiger partial charge in [-0.15, -0.1) is 6.42 Å². The van der Waals surface area contributed by atoms with Gasteiger partial charge >= 0.3 is 12.1 Å². The second kappa shape index (κ2) is 6.67. The van der Waals surface area contributed by atoms with Crippen LogP contribution in [0.2, 0.25) is 0 Å². The quantitative estimate of drug-likeness (QED) is 0.462. The minimum absolute atomic E-state index is 0.103. The van der Waals surface area contributed by atoms with Crippen LogP contribution in [-0.4, -0.2) is 46.2 Å². The first-order valence-electron chi connectivity index (χ1n) is 8.60. The van der Waals surface area contributed by atoms with Crippen LogP contribution in [0.5, 0.6) is 0 Å². The SMILES string of the molecule is C#CC1=C(C(=O)OC(C)(C)C)N2C(=O)C(NC(=O)OC(C)(C)C)C2CC1. The molecular weight excluding hydrogens is 336 g/mol. The van der Waals surface area contributed by atoms with Crippen LogP contribution in [0, 0.1) is 12.3 Å². The van der Waals surface area contributed by atoms with Gasteiger partial charge in [0.15, 0.2) is 0 Å². The maximum atomic E-state index is 12.6. The van der Waals surface area contributed by atoms with Crippen LogP contribution in [0.15, 0.2) is 11.3 Å². The van der Waals surface area contributed by atoms with Crippen molar-refractivity contribution < 1.29 is 23.9 Å². The Hall–Kier alpha value is -2.49. The van der Waals surface area contributed by atoms with Crippen molar-refractivity contribution in [2.75, 3.05) is 0 Å². The van der Waals surface area contributed by atoms with E-state index in [1.165, 1.54) is 4.90 Å².